The Labute approximate surface area is 238 Å². The van der Waals surface area contributed by atoms with Gasteiger partial charge in [-0.25, -0.2) is 0 Å². The summed E-state index contributed by atoms with van der Waals surface area (Å²) in [5.41, 5.74) is 5.25. The Morgan fingerprint density at radius 3 is 2.60 bits per heavy atom. The lowest BCUT2D eigenvalue weighted by Gasteiger charge is -2.26. The molecule has 0 spiro atoms. The molecule has 6 rings (SSSR count). The Hall–Kier alpha value is -4.36. The molecule has 0 radical (unpaired) electrons. The third-order valence-electron chi connectivity index (χ3n) is 7.46. The van der Waals surface area contributed by atoms with Gasteiger partial charge in [0.25, 0.3) is 5.91 Å². The first-order valence-electron chi connectivity index (χ1n) is 13.5. The number of aliphatic imine (C=N–C) groups is 1. The fourth-order valence-electron chi connectivity index (χ4n) is 5.14. The van der Waals surface area contributed by atoms with Crippen LogP contribution < -0.4 is 4.74 Å². The Morgan fingerprint density at radius 2 is 1.77 bits per heavy atom. The summed E-state index contributed by atoms with van der Waals surface area (Å²) in [4.78, 5) is 19.2. The standard InChI is InChI=1S/C33H30N4O2S/c1-3-22(2)25-13-8-10-16-30(25)39-18-17-36-20-24(26-14-7-9-15-28(26)36)19-27-31(34)37-29(23-11-5-4-6-12-23)21-40-33(37)35-32(27)38/h4-16,19-22,34H,3,17-18H2,1-2H3/b27-19+,34-31?/t22-/m1/s1. The molecule has 1 N–H and O–H groups in total. The van der Waals surface area contributed by atoms with E-state index in [1.165, 1.54) is 17.3 Å². The largest absolute Gasteiger partial charge is 0.491 e. The molecule has 3 aromatic carbocycles. The fourth-order valence-corrected chi connectivity index (χ4v) is 6.03. The van der Waals surface area contributed by atoms with Crippen molar-refractivity contribution in [1.82, 2.24) is 9.47 Å². The van der Waals surface area contributed by atoms with Crippen LogP contribution in [-0.2, 0) is 11.3 Å². The predicted molar refractivity (Wildman–Crippen MR) is 165 cm³/mol. The second-order valence-corrected chi connectivity index (χ2v) is 10.8. The van der Waals surface area contributed by atoms with Crippen molar-refractivity contribution in [1.29, 1.82) is 5.41 Å². The quantitative estimate of drug-likeness (QED) is 0.232. The van der Waals surface area contributed by atoms with Crippen LogP contribution in [0.2, 0.25) is 0 Å². The minimum atomic E-state index is -0.395. The molecule has 0 aliphatic carbocycles. The van der Waals surface area contributed by atoms with Gasteiger partial charge in [0.05, 0.1) is 17.8 Å². The molecule has 2 aliphatic rings. The van der Waals surface area contributed by atoms with Crippen molar-refractivity contribution in [3.8, 4) is 5.75 Å². The monoisotopic (exact) mass is 546 g/mol. The fraction of sp³-hybridized carbons (Fsp3) is 0.182. The van der Waals surface area contributed by atoms with E-state index in [-0.39, 0.29) is 11.4 Å². The number of aromatic nitrogens is 1. The van der Waals surface area contributed by atoms with Crippen LogP contribution in [0, 0.1) is 5.41 Å². The molecule has 0 bridgehead atoms. The highest BCUT2D eigenvalue weighted by Gasteiger charge is 2.36. The zero-order valence-electron chi connectivity index (χ0n) is 22.5. The number of nitrogens with zero attached hydrogens (tertiary/aromatic N) is 3. The molecular weight excluding hydrogens is 516 g/mol. The van der Waals surface area contributed by atoms with Gasteiger partial charge in [-0.3, -0.25) is 15.1 Å². The molecule has 3 heterocycles. The van der Waals surface area contributed by atoms with E-state index in [0.29, 0.717) is 24.2 Å². The maximum atomic E-state index is 13.1. The lowest BCUT2D eigenvalue weighted by Crippen LogP contribution is -2.38. The number of rotatable bonds is 8. The van der Waals surface area contributed by atoms with E-state index < -0.39 is 5.91 Å². The zero-order chi connectivity index (χ0) is 27.6. The van der Waals surface area contributed by atoms with Crippen LogP contribution in [0.3, 0.4) is 0 Å². The Morgan fingerprint density at radius 1 is 1.02 bits per heavy atom. The van der Waals surface area contributed by atoms with E-state index in [2.05, 4.69) is 41.6 Å². The van der Waals surface area contributed by atoms with E-state index in [4.69, 9.17) is 10.1 Å². The third-order valence-corrected chi connectivity index (χ3v) is 8.28. The number of para-hydroxylation sites is 2. The molecule has 200 valence electrons. The summed E-state index contributed by atoms with van der Waals surface area (Å²) in [6.07, 6.45) is 4.89. The van der Waals surface area contributed by atoms with Crippen LogP contribution in [0.15, 0.2) is 101 Å². The predicted octanol–water partition coefficient (Wildman–Crippen LogP) is 7.54. The number of nitrogens with one attached hydrogen (secondary N) is 1. The molecule has 1 aromatic heterocycles. The van der Waals surface area contributed by atoms with E-state index in [1.54, 1.807) is 11.0 Å². The topological polar surface area (TPSA) is 70.7 Å². The van der Waals surface area contributed by atoms with Gasteiger partial charge in [-0.05, 0) is 41.7 Å². The molecule has 4 aromatic rings. The molecule has 0 saturated carbocycles. The number of fused-ring (bicyclic) bond motifs is 2. The second kappa shape index (κ2) is 11.0. The summed E-state index contributed by atoms with van der Waals surface area (Å²) >= 11 is 1.37. The van der Waals surface area contributed by atoms with Crippen molar-refractivity contribution in [3.05, 3.63) is 113 Å². The summed E-state index contributed by atoms with van der Waals surface area (Å²) in [5, 5.41) is 12.5. The molecular formula is C33H30N4O2S. The van der Waals surface area contributed by atoms with Crippen molar-refractivity contribution in [2.24, 2.45) is 4.99 Å². The Bertz CT molecular complexity index is 1700. The van der Waals surface area contributed by atoms with Gasteiger partial charge in [-0.2, -0.15) is 4.99 Å². The first-order valence-corrected chi connectivity index (χ1v) is 14.4. The highest BCUT2D eigenvalue weighted by Crippen LogP contribution is 2.38. The Balaban J connectivity index is 1.28. The number of hydrogen-bond acceptors (Lipinski definition) is 4. The van der Waals surface area contributed by atoms with Gasteiger partial charge in [0.1, 0.15) is 18.2 Å². The first-order chi connectivity index (χ1) is 19.5. The van der Waals surface area contributed by atoms with Gasteiger partial charge in [-0.1, -0.05) is 92.3 Å². The van der Waals surface area contributed by atoms with E-state index in [1.807, 2.05) is 72.3 Å². The average molecular weight is 547 g/mol. The van der Waals surface area contributed by atoms with Crippen LogP contribution in [0.25, 0.3) is 22.7 Å². The summed E-state index contributed by atoms with van der Waals surface area (Å²) in [7, 11) is 0. The van der Waals surface area contributed by atoms with Crippen molar-refractivity contribution >= 4 is 51.3 Å². The zero-order valence-corrected chi connectivity index (χ0v) is 23.3. The van der Waals surface area contributed by atoms with E-state index in [0.717, 1.165) is 39.9 Å². The molecule has 1 amide bonds. The molecule has 2 aliphatic heterocycles. The maximum Gasteiger partial charge on any atom is 0.283 e. The number of ether oxygens (including phenoxy) is 1. The van der Waals surface area contributed by atoms with Crippen LogP contribution in [-0.4, -0.2) is 33.0 Å². The highest BCUT2D eigenvalue weighted by atomic mass is 32.2. The summed E-state index contributed by atoms with van der Waals surface area (Å²) in [5.74, 6) is 1.10. The molecule has 0 fully saturated rings. The number of carbonyl (C=O) groups is 1. The van der Waals surface area contributed by atoms with E-state index >= 15 is 0 Å². The summed E-state index contributed by atoms with van der Waals surface area (Å²) < 4.78 is 8.40. The SMILES string of the molecule is CC[C@@H](C)c1ccccc1OCCn1cc(/C=C2\C(=N)N3C(c4ccccc4)=CSC3=NC2=O)c2ccccc21. The molecule has 0 unspecified atom stereocenters. The van der Waals surface area contributed by atoms with Crippen molar-refractivity contribution < 1.29 is 9.53 Å². The van der Waals surface area contributed by atoms with E-state index in [9.17, 15) is 4.79 Å². The normalized spacial score (nSPS) is 16.8. The second-order valence-electron chi connectivity index (χ2n) is 9.92. The maximum absolute atomic E-state index is 13.1. The lowest BCUT2D eigenvalue weighted by atomic mass is 9.98. The van der Waals surface area contributed by atoms with Crippen LogP contribution in [0.5, 0.6) is 5.75 Å². The Kier molecular flexibility index (Phi) is 7.13. The first kappa shape index (κ1) is 25.9. The van der Waals surface area contributed by atoms with Crippen LogP contribution in [0.1, 0.15) is 42.9 Å². The minimum Gasteiger partial charge on any atom is -0.491 e. The van der Waals surface area contributed by atoms with Crippen molar-refractivity contribution in [2.75, 3.05) is 6.61 Å². The molecule has 7 heteroatoms. The number of hydrogen-bond donors (Lipinski definition) is 1. The number of amidine groups is 2. The van der Waals surface area contributed by atoms with Gasteiger partial charge >= 0.3 is 0 Å². The van der Waals surface area contributed by atoms with Gasteiger partial charge in [0, 0.05) is 28.1 Å². The number of benzene rings is 3. The van der Waals surface area contributed by atoms with Crippen LogP contribution in [0.4, 0.5) is 0 Å². The highest BCUT2D eigenvalue weighted by molar-refractivity contribution is 8.17. The number of amides is 1. The summed E-state index contributed by atoms with van der Waals surface area (Å²) in [6.45, 7) is 5.57. The molecule has 40 heavy (non-hydrogen) atoms. The van der Waals surface area contributed by atoms with Crippen molar-refractivity contribution in [2.45, 2.75) is 32.7 Å². The number of carbonyl (C=O) groups excluding carboxylic acids is 1. The molecule has 1 atom stereocenters. The minimum absolute atomic E-state index is 0.136. The van der Waals surface area contributed by atoms with Crippen LogP contribution >= 0.6 is 11.8 Å². The summed E-state index contributed by atoms with van der Waals surface area (Å²) in [6, 6.07) is 26.3. The lowest BCUT2D eigenvalue weighted by molar-refractivity contribution is -0.114. The van der Waals surface area contributed by atoms with Gasteiger partial charge in [0.2, 0.25) is 0 Å². The van der Waals surface area contributed by atoms with Crippen molar-refractivity contribution in [3.63, 3.8) is 0 Å². The molecule has 0 saturated heterocycles. The third kappa shape index (κ3) is 4.77. The molecule has 6 nitrogen and oxygen atoms in total. The smallest absolute Gasteiger partial charge is 0.283 e. The van der Waals surface area contributed by atoms with Gasteiger partial charge in [0.15, 0.2) is 5.17 Å². The van der Waals surface area contributed by atoms with Gasteiger partial charge < -0.3 is 9.30 Å². The number of thioether (sulfide) groups is 1. The van der Waals surface area contributed by atoms with Gasteiger partial charge in [-0.15, -0.1) is 0 Å². The average Bonchev–Trinajstić information content (AvgIpc) is 3.57.